The van der Waals surface area contributed by atoms with Crippen LogP contribution >= 0.6 is 0 Å². The lowest BCUT2D eigenvalue weighted by molar-refractivity contribution is 0.275. The highest BCUT2D eigenvalue weighted by molar-refractivity contribution is 5.05. The van der Waals surface area contributed by atoms with E-state index in [1.165, 1.54) is 0 Å². The molecule has 0 unspecified atom stereocenters. The van der Waals surface area contributed by atoms with Gasteiger partial charge in [0.15, 0.2) is 0 Å². The fourth-order valence-corrected chi connectivity index (χ4v) is 1.10. The predicted octanol–water partition coefficient (Wildman–Crippen LogP) is 1.04. The zero-order chi connectivity index (χ0) is 9.45. The first-order chi connectivity index (χ1) is 5.74. The number of rotatable bonds is 6. The quantitative estimate of drug-likeness (QED) is 0.586. The Hall–Kier alpha value is -0.590. The van der Waals surface area contributed by atoms with Gasteiger partial charge in [-0.15, -0.1) is 0 Å². The lowest BCUT2D eigenvalue weighted by Crippen LogP contribution is -2.43. The molecule has 0 spiro atoms. The normalized spacial score (nSPS) is 11.2. The lowest BCUT2D eigenvalue weighted by atomic mass is 9.95. The molecule has 0 aromatic rings. The highest BCUT2D eigenvalue weighted by Gasteiger charge is 2.23. The SMILES string of the molecule is CCC(C#N)(CC)NCCCO. The van der Waals surface area contributed by atoms with Gasteiger partial charge < -0.3 is 5.11 Å². The summed E-state index contributed by atoms with van der Waals surface area (Å²) in [6.45, 7) is 4.89. The van der Waals surface area contributed by atoms with Gasteiger partial charge in [-0.25, -0.2) is 0 Å². The van der Waals surface area contributed by atoms with Gasteiger partial charge in [0.05, 0.1) is 6.07 Å². The minimum atomic E-state index is -0.380. The topological polar surface area (TPSA) is 56.0 Å². The summed E-state index contributed by atoms with van der Waals surface area (Å²) in [6.07, 6.45) is 2.33. The third-order valence-corrected chi connectivity index (χ3v) is 2.22. The molecule has 3 heteroatoms. The number of hydrogen-bond acceptors (Lipinski definition) is 3. The molecule has 0 amide bonds. The molecule has 0 aromatic heterocycles. The predicted molar refractivity (Wildman–Crippen MR) is 48.6 cm³/mol. The van der Waals surface area contributed by atoms with Gasteiger partial charge in [-0.05, 0) is 25.8 Å². The largest absolute Gasteiger partial charge is 0.396 e. The molecule has 0 fully saturated rings. The number of nitriles is 1. The van der Waals surface area contributed by atoms with Crippen molar-refractivity contribution in [2.45, 2.75) is 38.6 Å². The van der Waals surface area contributed by atoms with Crippen LogP contribution in [0.5, 0.6) is 0 Å². The Labute approximate surface area is 74.4 Å². The van der Waals surface area contributed by atoms with Gasteiger partial charge in [0.25, 0.3) is 0 Å². The Kier molecular flexibility index (Phi) is 5.69. The average Bonchev–Trinajstić information content (AvgIpc) is 2.14. The van der Waals surface area contributed by atoms with Crippen LogP contribution in [0.1, 0.15) is 33.1 Å². The third kappa shape index (κ3) is 3.21. The molecule has 0 aromatic carbocycles. The summed E-state index contributed by atoms with van der Waals surface area (Å²) in [5.74, 6) is 0. The fourth-order valence-electron chi connectivity index (χ4n) is 1.10. The van der Waals surface area contributed by atoms with Crippen molar-refractivity contribution in [1.29, 1.82) is 5.26 Å². The van der Waals surface area contributed by atoms with Gasteiger partial charge in [0.2, 0.25) is 0 Å². The standard InChI is InChI=1S/C9H18N2O/c1-3-9(4-2,8-10)11-6-5-7-12/h11-12H,3-7H2,1-2H3. The minimum Gasteiger partial charge on any atom is -0.396 e. The van der Waals surface area contributed by atoms with E-state index < -0.39 is 0 Å². The van der Waals surface area contributed by atoms with Crippen molar-refractivity contribution in [2.75, 3.05) is 13.2 Å². The molecule has 0 saturated carbocycles. The fraction of sp³-hybridized carbons (Fsp3) is 0.889. The Balaban J connectivity index is 3.87. The summed E-state index contributed by atoms with van der Waals surface area (Å²) >= 11 is 0. The summed E-state index contributed by atoms with van der Waals surface area (Å²) in [4.78, 5) is 0. The Morgan fingerprint density at radius 3 is 2.33 bits per heavy atom. The highest BCUT2D eigenvalue weighted by Crippen LogP contribution is 2.12. The van der Waals surface area contributed by atoms with Gasteiger partial charge in [0.1, 0.15) is 5.54 Å². The molecule has 0 atom stereocenters. The molecule has 0 saturated heterocycles. The number of aliphatic hydroxyl groups excluding tert-OH is 1. The van der Waals surface area contributed by atoms with E-state index >= 15 is 0 Å². The number of hydrogen-bond donors (Lipinski definition) is 2. The van der Waals surface area contributed by atoms with Crippen molar-refractivity contribution in [1.82, 2.24) is 5.32 Å². The maximum atomic E-state index is 8.90. The smallest absolute Gasteiger partial charge is 0.106 e. The van der Waals surface area contributed by atoms with Gasteiger partial charge in [-0.1, -0.05) is 13.8 Å². The van der Waals surface area contributed by atoms with E-state index in [4.69, 9.17) is 10.4 Å². The monoisotopic (exact) mass is 170 g/mol. The molecular formula is C9H18N2O. The summed E-state index contributed by atoms with van der Waals surface area (Å²) in [5.41, 5.74) is -0.380. The molecule has 0 rings (SSSR count). The van der Waals surface area contributed by atoms with Crippen LogP contribution in [0.25, 0.3) is 0 Å². The Morgan fingerprint density at radius 1 is 1.42 bits per heavy atom. The number of aliphatic hydroxyl groups is 1. The molecule has 0 bridgehead atoms. The van der Waals surface area contributed by atoms with Crippen LogP contribution in [0, 0.1) is 11.3 Å². The zero-order valence-corrected chi connectivity index (χ0v) is 7.93. The first-order valence-electron chi connectivity index (χ1n) is 4.51. The maximum Gasteiger partial charge on any atom is 0.106 e. The second-order valence-electron chi connectivity index (χ2n) is 2.90. The molecular weight excluding hydrogens is 152 g/mol. The van der Waals surface area contributed by atoms with E-state index in [2.05, 4.69) is 11.4 Å². The van der Waals surface area contributed by atoms with Crippen molar-refractivity contribution in [3.05, 3.63) is 0 Å². The number of nitrogens with one attached hydrogen (secondary N) is 1. The van der Waals surface area contributed by atoms with E-state index in [9.17, 15) is 0 Å². The van der Waals surface area contributed by atoms with Crippen LogP contribution in [0.15, 0.2) is 0 Å². The van der Waals surface area contributed by atoms with Crippen LogP contribution in [0.4, 0.5) is 0 Å². The Morgan fingerprint density at radius 2 is 2.00 bits per heavy atom. The minimum absolute atomic E-state index is 0.182. The lowest BCUT2D eigenvalue weighted by Gasteiger charge is -2.24. The van der Waals surface area contributed by atoms with Crippen molar-refractivity contribution in [3.8, 4) is 6.07 Å². The van der Waals surface area contributed by atoms with E-state index in [1.54, 1.807) is 0 Å². The van der Waals surface area contributed by atoms with Crippen LogP contribution in [0.3, 0.4) is 0 Å². The van der Waals surface area contributed by atoms with Crippen molar-refractivity contribution in [2.24, 2.45) is 0 Å². The second-order valence-corrected chi connectivity index (χ2v) is 2.90. The molecule has 0 aliphatic heterocycles. The third-order valence-electron chi connectivity index (χ3n) is 2.22. The molecule has 0 heterocycles. The molecule has 3 nitrogen and oxygen atoms in total. The van der Waals surface area contributed by atoms with E-state index in [1.807, 2.05) is 13.8 Å². The molecule has 0 aliphatic rings. The maximum absolute atomic E-state index is 8.90. The van der Waals surface area contributed by atoms with Crippen molar-refractivity contribution < 1.29 is 5.11 Å². The van der Waals surface area contributed by atoms with Crippen LogP contribution in [-0.4, -0.2) is 23.8 Å². The summed E-state index contributed by atoms with van der Waals surface area (Å²) < 4.78 is 0. The zero-order valence-electron chi connectivity index (χ0n) is 7.93. The van der Waals surface area contributed by atoms with Gasteiger partial charge >= 0.3 is 0 Å². The second kappa shape index (κ2) is 5.99. The summed E-state index contributed by atoms with van der Waals surface area (Å²) in [5, 5.41) is 20.6. The summed E-state index contributed by atoms with van der Waals surface area (Å²) in [7, 11) is 0. The van der Waals surface area contributed by atoms with Crippen LogP contribution in [0.2, 0.25) is 0 Å². The molecule has 70 valence electrons. The summed E-state index contributed by atoms with van der Waals surface area (Å²) in [6, 6.07) is 2.28. The molecule has 2 N–H and O–H groups in total. The first-order valence-corrected chi connectivity index (χ1v) is 4.51. The molecule has 0 aliphatic carbocycles. The van der Waals surface area contributed by atoms with Crippen LogP contribution in [-0.2, 0) is 0 Å². The first kappa shape index (κ1) is 11.4. The van der Waals surface area contributed by atoms with Crippen molar-refractivity contribution >= 4 is 0 Å². The van der Waals surface area contributed by atoms with Crippen molar-refractivity contribution in [3.63, 3.8) is 0 Å². The van der Waals surface area contributed by atoms with Gasteiger partial charge in [-0.2, -0.15) is 5.26 Å². The van der Waals surface area contributed by atoms with E-state index in [-0.39, 0.29) is 12.1 Å². The molecule has 0 radical (unpaired) electrons. The number of nitrogens with zero attached hydrogens (tertiary/aromatic N) is 1. The van der Waals surface area contributed by atoms with Crippen LogP contribution < -0.4 is 5.32 Å². The highest BCUT2D eigenvalue weighted by atomic mass is 16.3. The van der Waals surface area contributed by atoms with E-state index in [0.717, 1.165) is 12.8 Å². The molecule has 12 heavy (non-hydrogen) atoms. The van der Waals surface area contributed by atoms with Gasteiger partial charge in [0, 0.05) is 6.61 Å². The van der Waals surface area contributed by atoms with E-state index in [0.29, 0.717) is 13.0 Å². The Bertz CT molecular complexity index is 147. The van der Waals surface area contributed by atoms with Gasteiger partial charge in [-0.3, -0.25) is 5.32 Å². The average molecular weight is 170 g/mol.